The van der Waals surface area contributed by atoms with E-state index < -0.39 is 0 Å². The lowest BCUT2D eigenvalue weighted by Crippen LogP contribution is -2.19. The lowest BCUT2D eigenvalue weighted by Gasteiger charge is -2.14. The summed E-state index contributed by atoms with van der Waals surface area (Å²) >= 11 is 0. The highest BCUT2D eigenvalue weighted by atomic mass is 19.1. The van der Waals surface area contributed by atoms with Gasteiger partial charge in [-0.1, -0.05) is 6.07 Å². The number of fused-ring (bicyclic) bond motifs is 1. The van der Waals surface area contributed by atoms with Gasteiger partial charge in [0.25, 0.3) is 5.91 Å². The van der Waals surface area contributed by atoms with Crippen molar-refractivity contribution < 1.29 is 9.18 Å². The molecule has 3 heterocycles. The molecule has 4 aromatic rings. The number of rotatable bonds is 5. The molecular weight excluding hydrogens is 403 g/mol. The summed E-state index contributed by atoms with van der Waals surface area (Å²) in [7, 11) is 0. The maximum absolute atomic E-state index is 13.1. The van der Waals surface area contributed by atoms with Crippen LogP contribution in [0.2, 0.25) is 0 Å². The molecule has 32 heavy (non-hydrogen) atoms. The number of likely N-dealkylation sites (tertiary alicyclic amines) is 1. The highest BCUT2D eigenvalue weighted by Gasteiger charge is 2.13. The number of halogens is 1. The fraction of sp³-hybridized carbons (Fsp3) is 0.192. The van der Waals surface area contributed by atoms with Crippen LogP contribution in [0, 0.1) is 5.82 Å². The highest BCUT2D eigenvalue weighted by Crippen LogP contribution is 2.21. The molecule has 1 saturated heterocycles. The third-order valence-electron chi connectivity index (χ3n) is 5.75. The predicted octanol–water partition coefficient (Wildman–Crippen LogP) is 5.28. The maximum Gasteiger partial charge on any atom is 0.257 e. The van der Waals surface area contributed by atoms with Gasteiger partial charge in [-0.2, -0.15) is 0 Å². The zero-order valence-electron chi connectivity index (χ0n) is 17.6. The first kappa shape index (κ1) is 20.3. The Kier molecular flexibility index (Phi) is 5.60. The number of anilines is 1. The van der Waals surface area contributed by atoms with Gasteiger partial charge in [-0.15, -0.1) is 0 Å². The van der Waals surface area contributed by atoms with Gasteiger partial charge < -0.3 is 5.32 Å². The number of hydrogen-bond donors (Lipinski definition) is 1. The lowest BCUT2D eigenvalue weighted by atomic mass is 10.1. The van der Waals surface area contributed by atoms with Crippen LogP contribution in [0.1, 0.15) is 28.9 Å². The van der Waals surface area contributed by atoms with Crippen LogP contribution in [0.15, 0.2) is 72.9 Å². The number of carbonyl (C=O) groups excluding carboxylic acids is 1. The molecule has 0 unspecified atom stereocenters. The van der Waals surface area contributed by atoms with Gasteiger partial charge in [0.05, 0.1) is 22.5 Å². The van der Waals surface area contributed by atoms with Crippen molar-refractivity contribution in [3.05, 3.63) is 90.0 Å². The smallest absolute Gasteiger partial charge is 0.257 e. The molecule has 5 nitrogen and oxygen atoms in total. The molecule has 0 aliphatic carbocycles. The van der Waals surface area contributed by atoms with Crippen LogP contribution in [0.4, 0.5) is 10.1 Å². The molecule has 0 radical (unpaired) electrons. The molecule has 0 bridgehead atoms. The van der Waals surface area contributed by atoms with Gasteiger partial charge in [-0.05, 0) is 86.6 Å². The van der Waals surface area contributed by atoms with E-state index >= 15 is 0 Å². The molecule has 2 aromatic heterocycles. The molecule has 1 fully saturated rings. The number of nitrogens with one attached hydrogen (secondary N) is 1. The minimum Gasteiger partial charge on any atom is -0.322 e. The third-order valence-corrected chi connectivity index (χ3v) is 5.75. The number of benzene rings is 2. The largest absolute Gasteiger partial charge is 0.322 e. The summed E-state index contributed by atoms with van der Waals surface area (Å²) in [5.41, 5.74) is 4.63. The number of carbonyl (C=O) groups is 1. The minimum atomic E-state index is -0.293. The first-order valence-corrected chi connectivity index (χ1v) is 10.8. The Balaban J connectivity index is 1.28. The normalized spacial score (nSPS) is 14.0. The molecule has 1 amide bonds. The monoisotopic (exact) mass is 426 g/mol. The number of aromatic nitrogens is 2. The fourth-order valence-corrected chi connectivity index (χ4v) is 4.03. The summed E-state index contributed by atoms with van der Waals surface area (Å²) in [6, 6.07) is 19.4. The molecule has 1 aliphatic heterocycles. The second-order valence-electron chi connectivity index (χ2n) is 8.09. The van der Waals surface area contributed by atoms with Crippen LogP contribution in [0.3, 0.4) is 0 Å². The van der Waals surface area contributed by atoms with E-state index in [2.05, 4.69) is 27.3 Å². The molecular formula is C26H23FN4O. The minimum absolute atomic E-state index is 0.235. The van der Waals surface area contributed by atoms with Crippen LogP contribution < -0.4 is 5.32 Å². The highest BCUT2D eigenvalue weighted by molar-refractivity contribution is 6.05. The summed E-state index contributed by atoms with van der Waals surface area (Å²) in [5, 5.41) is 3.91. The van der Waals surface area contributed by atoms with E-state index in [0.29, 0.717) is 16.9 Å². The van der Waals surface area contributed by atoms with Gasteiger partial charge in [0.15, 0.2) is 0 Å². The summed E-state index contributed by atoms with van der Waals surface area (Å²) < 4.78 is 13.1. The van der Waals surface area contributed by atoms with E-state index in [4.69, 9.17) is 4.98 Å². The van der Waals surface area contributed by atoms with Gasteiger partial charge in [-0.3, -0.25) is 19.7 Å². The molecule has 0 saturated carbocycles. The average Bonchev–Trinajstić information content (AvgIpc) is 3.33. The van der Waals surface area contributed by atoms with Crippen LogP contribution in [-0.4, -0.2) is 33.9 Å². The van der Waals surface area contributed by atoms with Crippen molar-refractivity contribution in [1.29, 1.82) is 0 Å². The number of nitrogens with zero attached hydrogens (tertiary/aromatic N) is 3. The van der Waals surface area contributed by atoms with Gasteiger partial charge >= 0.3 is 0 Å². The second-order valence-corrected chi connectivity index (χ2v) is 8.09. The van der Waals surface area contributed by atoms with Crippen LogP contribution in [0.5, 0.6) is 0 Å². The van der Waals surface area contributed by atoms with Crippen molar-refractivity contribution in [1.82, 2.24) is 14.9 Å². The van der Waals surface area contributed by atoms with E-state index in [-0.39, 0.29) is 11.7 Å². The summed E-state index contributed by atoms with van der Waals surface area (Å²) in [4.78, 5) is 24.2. The molecule has 6 heteroatoms. The Morgan fingerprint density at radius 3 is 2.53 bits per heavy atom. The van der Waals surface area contributed by atoms with Gasteiger partial charge in [-0.25, -0.2) is 4.39 Å². The van der Waals surface area contributed by atoms with E-state index in [1.807, 2.05) is 18.2 Å². The summed E-state index contributed by atoms with van der Waals surface area (Å²) in [6.45, 7) is 3.17. The Morgan fingerprint density at radius 2 is 1.78 bits per heavy atom. The zero-order chi connectivity index (χ0) is 21.9. The average molecular weight is 426 g/mol. The van der Waals surface area contributed by atoms with Gasteiger partial charge in [0, 0.05) is 29.4 Å². The van der Waals surface area contributed by atoms with Crippen molar-refractivity contribution in [2.45, 2.75) is 19.4 Å². The molecule has 0 spiro atoms. The SMILES string of the molecule is O=C(Nc1ccc2nc(CN3CCCC3)ccc2c1)c1ccc(-c2ccc(F)cc2)nc1. The standard InChI is InChI=1S/C26H23FN4O/c27-21-7-3-18(4-8-21)24-11-6-20(16-28-24)26(32)30-22-10-12-25-19(15-22)5-9-23(29-25)17-31-13-1-2-14-31/h3-12,15-16H,1-2,13-14,17H2,(H,30,32). The Bertz CT molecular complexity index is 1250. The Labute approximate surface area is 185 Å². The first-order chi connectivity index (χ1) is 15.6. The number of pyridine rings is 2. The third kappa shape index (κ3) is 4.50. The van der Waals surface area contributed by atoms with E-state index in [9.17, 15) is 9.18 Å². The van der Waals surface area contributed by atoms with Crippen LogP contribution in [0.25, 0.3) is 22.2 Å². The fourth-order valence-electron chi connectivity index (χ4n) is 4.03. The number of amides is 1. The lowest BCUT2D eigenvalue weighted by molar-refractivity contribution is 0.102. The van der Waals surface area contributed by atoms with Crippen LogP contribution in [-0.2, 0) is 6.54 Å². The molecule has 5 rings (SSSR count). The molecule has 0 atom stereocenters. The Hall–Kier alpha value is -3.64. The Morgan fingerprint density at radius 1 is 0.969 bits per heavy atom. The van der Waals surface area contributed by atoms with Crippen LogP contribution >= 0.6 is 0 Å². The van der Waals surface area contributed by atoms with Crippen molar-refractivity contribution in [2.75, 3.05) is 18.4 Å². The van der Waals surface area contributed by atoms with Crippen molar-refractivity contribution in [3.8, 4) is 11.3 Å². The van der Waals surface area contributed by atoms with E-state index in [0.717, 1.165) is 41.8 Å². The summed E-state index contributed by atoms with van der Waals surface area (Å²) in [6.07, 6.45) is 4.06. The number of hydrogen-bond acceptors (Lipinski definition) is 4. The van der Waals surface area contributed by atoms with E-state index in [1.165, 1.54) is 31.2 Å². The molecule has 160 valence electrons. The molecule has 1 N–H and O–H groups in total. The topological polar surface area (TPSA) is 58.1 Å². The van der Waals surface area contributed by atoms with E-state index in [1.54, 1.807) is 24.3 Å². The van der Waals surface area contributed by atoms with Crippen molar-refractivity contribution >= 4 is 22.5 Å². The predicted molar refractivity (Wildman–Crippen MR) is 124 cm³/mol. The van der Waals surface area contributed by atoms with Crippen molar-refractivity contribution in [3.63, 3.8) is 0 Å². The van der Waals surface area contributed by atoms with Gasteiger partial charge in [0.2, 0.25) is 0 Å². The van der Waals surface area contributed by atoms with Crippen molar-refractivity contribution in [2.24, 2.45) is 0 Å². The zero-order valence-corrected chi connectivity index (χ0v) is 17.6. The second kappa shape index (κ2) is 8.85. The first-order valence-electron chi connectivity index (χ1n) is 10.8. The quantitative estimate of drug-likeness (QED) is 0.471. The summed E-state index contributed by atoms with van der Waals surface area (Å²) in [5.74, 6) is -0.528. The molecule has 2 aromatic carbocycles. The van der Waals surface area contributed by atoms with Gasteiger partial charge in [0.1, 0.15) is 5.82 Å². The molecule has 1 aliphatic rings. The maximum atomic E-state index is 13.1.